The summed E-state index contributed by atoms with van der Waals surface area (Å²) in [4.78, 5) is 0. The molecule has 2 aromatic rings. The van der Waals surface area contributed by atoms with E-state index in [2.05, 4.69) is 10.2 Å². The van der Waals surface area contributed by atoms with E-state index in [1.807, 2.05) is 31.2 Å². The molecule has 0 bridgehead atoms. The van der Waals surface area contributed by atoms with Crippen LogP contribution in [0.4, 0.5) is 5.82 Å². The zero-order valence-corrected chi connectivity index (χ0v) is 8.74. The van der Waals surface area contributed by atoms with Crippen LogP contribution in [0.5, 0.6) is 5.75 Å². The van der Waals surface area contributed by atoms with Gasteiger partial charge in [0.25, 0.3) is 0 Å². The van der Waals surface area contributed by atoms with Gasteiger partial charge in [0.05, 0.1) is 12.8 Å². The van der Waals surface area contributed by atoms with E-state index in [1.54, 1.807) is 7.11 Å². The third kappa shape index (κ3) is 1.66. The Bertz CT molecular complexity index is 476. The van der Waals surface area contributed by atoms with Gasteiger partial charge in [-0.15, -0.1) is 0 Å². The van der Waals surface area contributed by atoms with E-state index >= 15 is 0 Å². The fourth-order valence-electron chi connectivity index (χ4n) is 1.60. The topological polar surface area (TPSA) is 63.9 Å². The van der Waals surface area contributed by atoms with E-state index in [0.717, 1.165) is 22.6 Å². The summed E-state index contributed by atoms with van der Waals surface area (Å²) in [6.45, 7) is 2.01. The van der Waals surface area contributed by atoms with Crippen molar-refractivity contribution < 1.29 is 4.74 Å². The van der Waals surface area contributed by atoms with E-state index in [9.17, 15) is 0 Å². The summed E-state index contributed by atoms with van der Waals surface area (Å²) in [5.74, 6) is 1.35. The summed E-state index contributed by atoms with van der Waals surface area (Å²) in [7, 11) is 1.66. The van der Waals surface area contributed by atoms with Gasteiger partial charge in [-0.1, -0.05) is 12.1 Å². The zero-order chi connectivity index (χ0) is 10.8. The van der Waals surface area contributed by atoms with Gasteiger partial charge >= 0.3 is 0 Å². The number of hydrogen-bond acceptors (Lipinski definition) is 3. The Hall–Kier alpha value is -1.97. The molecule has 1 heterocycles. The molecule has 0 radical (unpaired) electrons. The summed E-state index contributed by atoms with van der Waals surface area (Å²) < 4.78 is 5.25. The highest BCUT2D eigenvalue weighted by atomic mass is 16.5. The van der Waals surface area contributed by atoms with Gasteiger partial charge < -0.3 is 10.5 Å². The standard InChI is InChI=1S/C11H13N3O/c1-7-8(4-3-5-10(7)15-2)9-6-11(12)14-13-9/h3-6H,1-2H3,(H3,12,13,14). The molecule has 78 valence electrons. The molecule has 0 aliphatic rings. The van der Waals surface area contributed by atoms with E-state index in [1.165, 1.54) is 0 Å². The highest BCUT2D eigenvalue weighted by molar-refractivity contribution is 5.68. The highest BCUT2D eigenvalue weighted by Crippen LogP contribution is 2.28. The summed E-state index contributed by atoms with van der Waals surface area (Å²) in [5.41, 5.74) is 8.60. The number of anilines is 1. The third-order valence-corrected chi connectivity index (χ3v) is 2.39. The second kappa shape index (κ2) is 3.65. The quantitative estimate of drug-likeness (QED) is 0.784. The van der Waals surface area contributed by atoms with Crippen LogP contribution >= 0.6 is 0 Å². The van der Waals surface area contributed by atoms with Crippen molar-refractivity contribution >= 4 is 5.82 Å². The van der Waals surface area contributed by atoms with Crippen LogP contribution in [0.3, 0.4) is 0 Å². The maximum absolute atomic E-state index is 5.56. The molecule has 4 nitrogen and oxygen atoms in total. The number of methoxy groups -OCH3 is 1. The van der Waals surface area contributed by atoms with E-state index < -0.39 is 0 Å². The molecule has 1 aromatic heterocycles. The van der Waals surface area contributed by atoms with Gasteiger partial charge in [-0.3, -0.25) is 5.10 Å². The maximum atomic E-state index is 5.56. The molecule has 0 aliphatic carbocycles. The van der Waals surface area contributed by atoms with Crippen molar-refractivity contribution in [1.29, 1.82) is 0 Å². The zero-order valence-electron chi connectivity index (χ0n) is 8.74. The van der Waals surface area contributed by atoms with Crippen LogP contribution in [0.1, 0.15) is 5.56 Å². The first-order valence-electron chi connectivity index (χ1n) is 4.67. The molecule has 15 heavy (non-hydrogen) atoms. The number of rotatable bonds is 2. The van der Waals surface area contributed by atoms with Gasteiger partial charge in [0.2, 0.25) is 0 Å². The van der Waals surface area contributed by atoms with Crippen LogP contribution in [-0.2, 0) is 0 Å². The van der Waals surface area contributed by atoms with Gasteiger partial charge in [0.1, 0.15) is 11.6 Å². The van der Waals surface area contributed by atoms with Crippen molar-refractivity contribution in [3.8, 4) is 17.0 Å². The summed E-state index contributed by atoms with van der Waals surface area (Å²) in [6, 6.07) is 7.68. The molecule has 0 aliphatic heterocycles. The van der Waals surface area contributed by atoms with E-state index in [-0.39, 0.29) is 0 Å². The lowest BCUT2D eigenvalue weighted by molar-refractivity contribution is 0.412. The first-order chi connectivity index (χ1) is 7.22. The lowest BCUT2D eigenvalue weighted by atomic mass is 10.1. The smallest absolute Gasteiger partial charge is 0.145 e. The van der Waals surface area contributed by atoms with Crippen LogP contribution in [0.15, 0.2) is 24.3 Å². The molecule has 1 aromatic carbocycles. The molecule has 0 fully saturated rings. The average molecular weight is 203 g/mol. The Morgan fingerprint density at radius 2 is 2.20 bits per heavy atom. The molecule has 3 N–H and O–H groups in total. The molecular weight excluding hydrogens is 190 g/mol. The van der Waals surface area contributed by atoms with Crippen molar-refractivity contribution in [3.63, 3.8) is 0 Å². The Kier molecular flexibility index (Phi) is 2.33. The van der Waals surface area contributed by atoms with Gasteiger partial charge in [-0.05, 0) is 13.0 Å². The molecule has 0 saturated heterocycles. The van der Waals surface area contributed by atoms with Crippen LogP contribution in [-0.4, -0.2) is 17.3 Å². The molecule has 0 saturated carbocycles. The normalized spacial score (nSPS) is 10.3. The van der Waals surface area contributed by atoms with Crippen molar-refractivity contribution in [1.82, 2.24) is 10.2 Å². The molecule has 0 spiro atoms. The van der Waals surface area contributed by atoms with Crippen molar-refractivity contribution in [2.24, 2.45) is 0 Å². The third-order valence-electron chi connectivity index (χ3n) is 2.39. The monoisotopic (exact) mass is 203 g/mol. The largest absolute Gasteiger partial charge is 0.496 e. The molecule has 2 rings (SSSR count). The molecule has 4 heteroatoms. The molecule has 0 unspecified atom stereocenters. The second-order valence-corrected chi connectivity index (χ2v) is 3.34. The van der Waals surface area contributed by atoms with Gasteiger partial charge in [0.15, 0.2) is 0 Å². The van der Waals surface area contributed by atoms with Crippen molar-refractivity contribution in [2.75, 3.05) is 12.8 Å². The summed E-state index contributed by atoms with van der Waals surface area (Å²) in [6.07, 6.45) is 0. The van der Waals surface area contributed by atoms with Crippen LogP contribution in [0, 0.1) is 6.92 Å². The van der Waals surface area contributed by atoms with Crippen LogP contribution < -0.4 is 10.5 Å². The number of aromatic nitrogens is 2. The minimum Gasteiger partial charge on any atom is -0.496 e. The number of nitrogens with zero attached hydrogens (tertiary/aromatic N) is 1. The average Bonchev–Trinajstić information content (AvgIpc) is 2.65. The minimum atomic E-state index is 0.493. The Labute approximate surface area is 88.1 Å². The van der Waals surface area contributed by atoms with Gasteiger partial charge in [-0.25, -0.2) is 0 Å². The number of aromatic amines is 1. The van der Waals surface area contributed by atoms with Crippen molar-refractivity contribution in [2.45, 2.75) is 6.92 Å². The first-order valence-corrected chi connectivity index (χ1v) is 4.67. The van der Waals surface area contributed by atoms with Crippen LogP contribution in [0.2, 0.25) is 0 Å². The SMILES string of the molecule is COc1cccc(-c2cc(N)n[nH]2)c1C. The lowest BCUT2D eigenvalue weighted by Crippen LogP contribution is -1.90. The van der Waals surface area contributed by atoms with Crippen molar-refractivity contribution in [3.05, 3.63) is 29.8 Å². The van der Waals surface area contributed by atoms with Crippen LogP contribution in [0.25, 0.3) is 11.3 Å². The Balaban J connectivity index is 2.53. The number of nitrogens with one attached hydrogen (secondary N) is 1. The summed E-state index contributed by atoms with van der Waals surface area (Å²) in [5, 5.41) is 6.78. The predicted octanol–water partition coefficient (Wildman–Crippen LogP) is 1.98. The fraction of sp³-hybridized carbons (Fsp3) is 0.182. The molecule has 0 atom stereocenters. The summed E-state index contributed by atoms with van der Waals surface area (Å²) >= 11 is 0. The van der Waals surface area contributed by atoms with E-state index in [0.29, 0.717) is 5.82 Å². The first kappa shape index (κ1) is 9.58. The maximum Gasteiger partial charge on any atom is 0.145 e. The minimum absolute atomic E-state index is 0.493. The van der Waals surface area contributed by atoms with Gasteiger partial charge in [-0.2, -0.15) is 5.10 Å². The van der Waals surface area contributed by atoms with Gasteiger partial charge in [0, 0.05) is 17.2 Å². The Morgan fingerprint density at radius 1 is 1.40 bits per heavy atom. The number of benzene rings is 1. The number of hydrogen-bond donors (Lipinski definition) is 2. The molecular formula is C11H13N3O. The number of nitrogens with two attached hydrogens (primary N) is 1. The molecule has 0 amide bonds. The van der Waals surface area contributed by atoms with E-state index in [4.69, 9.17) is 10.5 Å². The second-order valence-electron chi connectivity index (χ2n) is 3.34. The number of nitrogen functional groups attached to an aromatic ring is 1. The highest BCUT2D eigenvalue weighted by Gasteiger charge is 2.08. The number of H-pyrrole nitrogens is 1. The predicted molar refractivity (Wildman–Crippen MR) is 59.7 cm³/mol. The fourth-order valence-corrected chi connectivity index (χ4v) is 1.60. The lowest BCUT2D eigenvalue weighted by Gasteiger charge is -2.08. The Morgan fingerprint density at radius 3 is 2.80 bits per heavy atom. The number of ether oxygens (including phenoxy) is 1.